The Labute approximate surface area is 183 Å². The van der Waals surface area contributed by atoms with E-state index in [0.29, 0.717) is 22.1 Å². The number of rotatable bonds is 6. The Balaban J connectivity index is 1.41. The first kappa shape index (κ1) is 20.8. The van der Waals surface area contributed by atoms with Crippen molar-refractivity contribution >= 4 is 39.9 Å². The van der Waals surface area contributed by atoms with E-state index in [-0.39, 0.29) is 24.0 Å². The maximum atomic E-state index is 12.9. The Hall–Kier alpha value is -3.46. The molecule has 3 aromatic rings. The highest BCUT2D eigenvalue weighted by Gasteiger charge is 2.24. The second-order valence-electron chi connectivity index (χ2n) is 7.30. The molecule has 3 amide bonds. The number of amides is 3. The number of carbonyl (C=O) groups is 3. The summed E-state index contributed by atoms with van der Waals surface area (Å²) in [6.07, 6.45) is 3.45. The smallest absolute Gasteiger partial charge is 0.293 e. The van der Waals surface area contributed by atoms with E-state index in [1.807, 2.05) is 24.0 Å². The highest BCUT2D eigenvalue weighted by atomic mass is 32.1. The van der Waals surface area contributed by atoms with Gasteiger partial charge in [-0.25, -0.2) is 4.98 Å². The number of aromatic nitrogens is 1. The van der Waals surface area contributed by atoms with Crippen LogP contribution >= 0.6 is 11.3 Å². The van der Waals surface area contributed by atoms with Crippen molar-refractivity contribution in [3.63, 3.8) is 0 Å². The van der Waals surface area contributed by atoms with E-state index >= 15 is 0 Å². The fourth-order valence-corrected chi connectivity index (χ4v) is 4.21. The molecule has 0 atom stereocenters. The van der Waals surface area contributed by atoms with Crippen LogP contribution < -0.4 is 10.6 Å². The average molecular weight is 439 g/mol. The number of nitrogens with one attached hydrogen (secondary N) is 2. The van der Waals surface area contributed by atoms with Gasteiger partial charge in [-0.2, -0.15) is 0 Å². The summed E-state index contributed by atoms with van der Waals surface area (Å²) < 4.78 is 5.05. The maximum absolute atomic E-state index is 12.9. The number of thiazole rings is 1. The van der Waals surface area contributed by atoms with E-state index in [1.54, 1.807) is 23.6 Å². The zero-order chi connectivity index (χ0) is 21.8. The minimum absolute atomic E-state index is 0.0262. The molecular formula is C22H22N4O4S. The number of aryl methyl sites for hydroxylation is 1. The van der Waals surface area contributed by atoms with Gasteiger partial charge >= 0.3 is 0 Å². The first-order valence-electron chi connectivity index (χ1n) is 9.99. The molecule has 2 aromatic heterocycles. The van der Waals surface area contributed by atoms with E-state index < -0.39 is 5.91 Å². The summed E-state index contributed by atoms with van der Waals surface area (Å²) in [6.45, 7) is 3.35. The molecule has 4 rings (SSSR count). The Morgan fingerprint density at radius 1 is 1.13 bits per heavy atom. The summed E-state index contributed by atoms with van der Waals surface area (Å²) in [6, 6.07) is 8.61. The highest BCUT2D eigenvalue weighted by Crippen LogP contribution is 2.24. The molecule has 0 saturated carbocycles. The van der Waals surface area contributed by atoms with Crippen LogP contribution in [0, 0.1) is 6.92 Å². The van der Waals surface area contributed by atoms with Crippen molar-refractivity contribution in [3.8, 4) is 0 Å². The van der Waals surface area contributed by atoms with Gasteiger partial charge in [-0.15, -0.1) is 11.3 Å². The van der Waals surface area contributed by atoms with Crippen LogP contribution in [0.4, 0.5) is 10.8 Å². The lowest BCUT2D eigenvalue weighted by molar-refractivity contribution is -0.115. The van der Waals surface area contributed by atoms with Crippen LogP contribution in [-0.2, 0) is 11.2 Å². The molecule has 2 N–H and O–H groups in total. The third-order valence-electron chi connectivity index (χ3n) is 5.01. The summed E-state index contributed by atoms with van der Waals surface area (Å²) in [4.78, 5) is 43.7. The van der Waals surface area contributed by atoms with Gasteiger partial charge in [-0.1, -0.05) is 12.1 Å². The predicted molar refractivity (Wildman–Crippen MR) is 117 cm³/mol. The second kappa shape index (κ2) is 9.13. The molecule has 0 aliphatic carbocycles. The number of carbonyl (C=O) groups excluding carboxylic acids is 3. The lowest BCUT2D eigenvalue weighted by Gasteiger charge is -2.19. The molecule has 31 heavy (non-hydrogen) atoms. The van der Waals surface area contributed by atoms with Gasteiger partial charge in [0.1, 0.15) is 0 Å². The first-order valence-corrected chi connectivity index (χ1v) is 10.9. The van der Waals surface area contributed by atoms with Gasteiger partial charge in [0.15, 0.2) is 10.9 Å². The van der Waals surface area contributed by atoms with Gasteiger partial charge in [-0.05, 0) is 43.5 Å². The van der Waals surface area contributed by atoms with Crippen molar-refractivity contribution in [1.29, 1.82) is 0 Å². The minimum Gasteiger partial charge on any atom is -0.459 e. The Kier molecular flexibility index (Phi) is 6.13. The largest absolute Gasteiger partial charge is 0.459 e. The maximum Gasteiger partial charge on any atom is 0.293 e. The summed E-state index contributed by atoms with van der Waals surface area (Å²) in [5.41, 5.74) is 2.38. The molecule has 8 nitrogen and oxygen atoms in total. The monoisotopic (exact) mass is 438 g/mol. The number of furan rings is 1. The number of anilines is 2. The van der Waals surface area contributed by atoms with Crippen molar-refractivity contribution in [1.82, 2.24) is 9.88 Å². The zero-order valence-electron chi connectivity index (χ0n) is 17.0. The predicted octanol–water partition coefficient (Wildman–Crippen LogP) is 3.71. The van der Waals surface area contributed by atoms with Crippen molar-refractivity contribution in [2.45, 2.75) is 26.2 Å². The number of hydrogen-bond acceptors (Lipinski definition) is 6. The van der Waals surface area contributed by atoms with Crippen molar-refractivity contribution in [3.05, 3.63) is 64.6 Å². The van der Waals surface area contributed by atoms with Crippen LogP contribution in [0.1, 0.15) is 45.0 Å². The Bertz CT molecular complexity index is 1100. The molecule has 0 unspecified atom stereocenters. The average Bonchev–Trinajstić information content (AvgIpc) is 3.51. The van der Waals surface area contributed by atoms with Crippen LogP contribution in [0.25, 0.3) is 0 Å². The molecule has 1 fully saturated rings. The summed E-state index contributed by atoms with van der Waals surface area (Å²) in [5, 5.41) is 7.59. The van der Waals surface area contributed by atoms with Crippen LogP contribution in [0.3, 0.4) is 0 Å². The Morgan fingerprint density at radius 3 is 2.68 bits per heavy atom. The van der Waals surface area contributed by atoms with Crippen LogP contribution in [0.5, 0.6) is 0 Å². The van der Waals surface area contributed by atoms with Crippen molar-refractivity contribution in [2.75, 3.05) is 23.7 Å². The van der Waals surface area contributed by atoms with Gasteiger partial charge in [0.05, 0.1) is 29.6 Å². The first-order chi connectivity index (χ1) is 15.0. The van der Waals surface area contributed by atoms with Gasteiger partial charge in [-0.3, -0.25) is 19.7 Å². The summed E-state index contributed by atoms with van der Waals surface area (Å²) in [5.74, 6) is -0.554. The SMILES string of the molecule is Cc1cccc(NC(=O)Cc2csc(NC(=O)c3ccco3)n2)c1C(=O)N1CCCC1. The molecule has 1 aromatic carbocycles. The number of likely N-dealkylation sites (tertiary alicyclic amines) is 1. The van der Waals surface area contributed by atoms with Gasteiger partial charge in [0.2, 0.25) is 5.91 Å². The Morgan fingerprint density at radius 2 is 1.94 bits per heavy atom. The molecule has 1 aliphatic rings. The van der Waals surface area contributed by atoms with Gasteiger partial charge < -0.3 is 14.6 Å². The van der Waals surface area contributed by atoms with Gasteiger partial charge in [0, 0.05) is 18.5 Å². The van der Waals surface area contributed by atoms with Crippen molar-refractivity contribution < 1.29 is 18.8 Å². The number of benzene rings is 1. The van der Waals surface area contributed by atoms with E-state index in [9.17, 15) is 14.4 Å². The molecule has 1 aliphatic heterocycles. The molecule has 9 heteroatoms. The van der Waals surface area contributed by atoms with Crippen molar-refractivity contribution in [2.24, 2.45) is 0 Å². The number of hydrogen-bond donors (Lipinski definition) is 2. The second-order valence-corrected chi connectivity index (χ2v) is 8.16. The van der Waals surface area contributed by atoms with E-state index in [4.69, 9.17) is 4.42 Å². The lowest BCUT2D eigenvalue weighted by Crippen LogP contribution is -2.29. The standard InChI is InChI=1S/C22H22N4O4S/c1-14-6-4-7-16(19(14)21(29)26-9-2-3-10-26)24-18(27)12-15-13-31-22(23-15)25-20(28)17-8-5-11-30-17/h4-8,11,13H,2-3,9-10,12H2,1H3,(H,24,27)(H,23,25,28). The molecule has 0 radical (unpaired) electrons. The van der Waals surface area contributed by atoms with E-state index in [1.165, 1.54) is 17.6 Å². The molecule has 3 heterocycles. The number of nitrogens with zero attached hydrogens (tertiary/aromatic N) is 2. The highest BCUT2D eigenvalue weighted by molar-refractivity contribution is 7.14. The third kappa shape index (κ3) is 4.83. The fourth-order valence-electron chi connectivity index (χ4n) is 3.51. The van der Waals surface area contributed by atoms with E-state index in [0.717, 1.165) is 31.5 Å². The quantitative estimate of drug-likeness (QED) is 0.610. The fraction of sp³-hybridized carbons (Fsp3) is 0.273. The molecule has 1 saturated heterocycles. The topological polar surface area (TPSA) is 105 Å². The minimum atomic E-state index is -0.403. The summed E-state index contributed by atoms with van der Waals surface area (Å²) in [7, 11) is 0. The zero-order valence-corrected chi connectivity index (χ0v) is 17.8. The normalized spacial score (nSPS) is 13.3. The molecular weight excluding hydrogens is 416 g/mol. The summed E-state index contributed by atoms with van der Waals surface area (Å²) >= 11 is 1.23. The molecule has 160 valence electrons. The van der Waals surface area contributed by atoms with Crippen LogP contribution in [-0.4, -0.2) is 40.7 Å². The van der Waals surface area contributed by atoms with Crippen LogP contribution in [0.15, 0.2) is 46.4 Å². The third-order valence-corrected chi connectivity index (χ3v) is 5.82. The lowest BCUT2D eigenvalue weighted by atomic mass is 10.0. The van der Waals surface area contributed by atoms with Gasteiger partial charge in [0.25, 0.3) is 11.8 Å². The van der Waals surface area contributed by atoms with Crippen LogP contribution in [0.2, 0.25) is 0 Å². The molecule has 0 bridgehead atoms. The van der Waals surface area contributed by atoms with E-state index in [2.05, 4.69) is 15.6 Å². The molecule has 0 spiro atoms.